The summed E-state index contributed by atoms with van der Waals surface area (Å²) in [5, 5.41) is 5.48. The van der Waals surface area contributed by atoms with Crippen LogP contribution in [-0.2, 0) is 14.4 Å². The quantitative estimate of drug-likeness (QED) is 0.276. The lowest BCUT2D eigenvalue weighted by atomic mass is 10.1. The van der Waals surface area contributed by atoms with Crippen LogP contribution in [0.1, 0.15) is 45.6 Å². The van der Waals surface area contributed by atoms with E-state index in [1.54, 1.807) is 14.1 Å². The highest BCUT2D eigenvalue weighted by Gasteiger charge is 2.16. The van der Waals surface area contributed by atoms with E-state index in [0.29, 0.717) is 30.9 Å². The first-order chi connectivity index (χ1) is 12.6. The summed E-state index contributed by atoms with van der Waals surface area (Å²) in [7, 11) is 3.32. The molecule has 8 heteroatoms. The third-order valence-corrected chi connectivity index (χ3v) is 3.45. The first kappa shape index (κ1) is 23.0. The van der Waals surface area contributed by atoms with Gasteiger partial charge in [-0.25, -0.2) is 5.43 Å². The van der Waals surface area contributed by atoms with E-state index in [1.165, 1.54) is 5.06 Å². The molecule has 0 aliphatic rings. The van der Waals surface area contributed by atoms with Crippen LogP contribution in [0.5, 0.6) is 5.75 Å². The van der Waals surface area contributed by atoms with Crippen LogP contribution in [0.25, 0.3) is 0 Å². The molecule has 0 heterocycles. The van der Waals surface area contributed by atoms with Crippen molar-refractivity contribution in [3.05, 3.63) is 29.8 Å². The summed E-state index contributed by atoms with van der Waals surface area (Å²) in [6.45, 7) is 5.98. The molecule has 0 radical (unpaired) electrons. The number of rotatable bonds is 10. The fourth-order valence-electron chi connectivity index (χ4n) is 2.09. The maximum Gasteiger partial charge on any atom is 0.325 e. The lowest BCUT2D eigenvalue weighted by molar-refractivity contribution is -0.178. The molecule has 1 aromatic carbocycles. The molecule has 1 amide bonds. The summed E-state index contributed by atoms with van der Waals surface area (Å²) in [6, 6.07) is 7.38. The first-order valence-electron chi connectivity index (χ1n) is 8.74. The average Bonchev–Trinajstić information content (AvgIpc) is 2.55. The number of hydrazone groups is 1. The fourth-order valence-corrected chi connectivity index (χ4v) is 2.23. The van der Waals surface area contributed by atoms with Gasteiger partial charge in [-0.3, -0.25) is 9.59 Å². The van der Waals surface area contributed by atoms with Crippen molar-refractivity contribution in [2.45, 2.75) is 44.8 Å². The van der Waals surface area contributed by atoms with Gasteiger partial charge in [0, 0.05) is 25.3 Å². The van der Waals surface area contributed by atoms with Gasteiger partial charge in [0.05, 0.1) is 18.7 Å². The van der Waals surface area contributed by atoms with Gasteiger partial charge in [-0.15, -0.1) is 5.06 Å². The Morgan fingerprint density at radius 3 is 2.41 bits per heavy atom. The molecule has 0 bridgehead atoms. The van der Waals surface area contributed by atoms with E-state index in [2.05, 4.69) is 23.2 Å². The van der Waals surface area contributed by atoms with E-state index in [0.717, 1.165) is 5.56 Å². The Morgan fingerprint density at radius 2 is 1.85 bits per heavy atom. The van der Waals surface area contributed by atoms with Crippen LogP contribution in [0.4, 0.5) is 0 Å². The zero-order chi connectivity index (χ0) is 20.4. The molecular weight excluding hydrogens is 366 g/mol. The second-order valence-corrected chi connectivity index (χ2v) is 8.18. The molecule has 1 rings (SSSR count). The number of hydrogen-bond acceptors (Lipinski definition) is 7. The third-order valence-electron chi connectivity index (χ3n) is 3.29. The van der Waals surface area contributed by atoms with Gasteiger partial charge < -0.3 is 9.57 Å². The Labute approximate surface area is 166 Å². The minimum atomic E-state index is -0.379. The maximum atomic E-state index is 11.8. The molecule has 0 aliphatic heterocycles. The van der Waals surface area contributed by atoms with Gasteiger partial charge in [-0.05, 0) is 43.2 Å². The van der Waals surface area contributed by atoms with Crippen LogP contribution >= 0.6 is 12.6 Å². The minimum absolute atomic E-state index is 0.179. The van der Waals surface area contributed by atoms with E-state index >= 15 is 0 Å². The summed E-state index contributed by atoms with van der Waals surface area (Å²) >= 11 is 4.33. The Morgan fingerprint density at radius 1 is 1.22 bits per heavy atom. The molecule has 0 saturated carbocycles. The van der Waals surface area contributed by atoms with Crippen LogP contribution in [0.3, 0.4) is 0 Å². The SMILES string of the molecule is C/C(=N\NC(=O)CC(C)(C)S)c1ccc(OCCCC(=O)ON(C)C)cc1. The topological polar surface area (TPSA) is 80.2 Å². The molecular formula is C19H29N3O4S. The maximum absolute atomic E-state index is 11.8. The van der Waals surface area contributed by atoms with Gasteiger partial charge in [-0.1, -0.05) is 13.8 Å². The standard InChI is InChI=1S/C19H29N3O4S/c1-14(20-21-17(23)13-19(2,3)27)15-8-10-16(11-9-15)25-12-6-7-18(24)26-22(4)5/h8-11,27H,6-7,12-13H2,1-5H3,(H,21,23)/b20-14+. The highest BCUT2D eigenvalue weighted by molar-refractivity contribution is 7.81. The van der Waals surface area contributed by atoms with Gasteiger partial charge in [0.25, 0.3) is 0 Å². The highest BCUT2D eigenvalue weighted by Crippen LogP contribution is 2.16. The van der Waals surface area contributed by atoms with Gasteiger partial charge in [-0.2, -0.15) is 17.7 Å². The van der Waals surface area contributed by atoms with E-state index in [-0.39, 0.29) is 23.0 Å². The number of hydrogen-bond donors (Lipinski definition) is 2. The number of ether oxygens (including phenoxy) is 1. The third kappa shape index (κ3) is 10.6. The summed E-state index contributed by atoms with van der Waals surface area (Å²) in [5.41, 5.74) is 4.11. The molecule has 0 unspecified atom stereocenters. The molecule has 0 aliphatic carbocycles. The van der Waals surface area contributed by atoms with Crippen molar-refractivity contribution in [2.75, 3.05) is 20.7 Å². The van der Waals surface area contributed by atoms with Crippen molar-refractivity contribution >= 4 is 30.2 Å². The Kier molecular flexibility index (Phi) is 9.31. The first-order valence-corrected chi connectivity index (χ1v) is 9.18. The second kappa shape index (κ2) is 10.9. The number of hydroxylamine groups is 2. The number of carbonyl (C=O) groups is 2. The van der Waals surface area contributed by atoms with Crippen molar-refractivity contribution in [1.82, 2.24) is 10.5 Å². The molecule has 1 N–H and O–H groups in total. The number of thiol groups is 1. The number of benzene rings is 1. The normalized spacial score (nSPS) is 12.0. The van der Waals surface area contributed by atoms with E-state index in [4.69, 9.17) is 9.57 Å². The number of nitrogens with zero attached hydrogens (tertiary/aromatic N) is 2. The number of carbonyl (C=O) groups excluding carboxylic acids is 2. The Bertz CT molecular complexity index is 652. The summed E-state index contributed by atoms with van der Waals surface area (Å²) in [5.74, 6) is 0.240. The van der Waals surface area contributed by atoms with E-state index < -0.39 is 0 Å². The zero-order valence-corrected chi connectivity index (χ0v) is 17.5. The number of amides is 1. The molecule has 7 nitrogen and oxygen atoms in total. The largest absolute Gasteiger partial charge is 0.494 e. The van der Waals surface area contributed by atoms with Gasteiger partial charge in [0.1, 0.15) is 5.75 Å². The predicted molar refractivity (Wildman–Crippen MR) is 109 cm³/mol. The molecule has 0 spiro atoms. The van der Waals surface area contributed by atoms with Crippen LogP contribution < -0.4 is 10.2 Å². The van der Waals surface area contributed by atoms with Crippen LogP contribution in [0.15, 0.2) is 29.4 Å². The molecule has 27 heavy (non-hydrogen) atoms. The summed E-state index contributed by atoms with van der Waals surface area (Å²) < 4.78 is 5.23. The minimum Gasteiger partial charge on any atom is -0.494 e. The molecule has 150 valence electrons. The summed E-state index contributed by atoms with van der Waals surface area (Å²) in [6.07, 6.45) is 1.15. The van der Waals surface area contributed by atoms with Crippen molar-refractivity contribution < 1.29 is 19.2 Å². The van der Waals surface area contributed by atoms with Crippen molar-refractivity contribution in [3.8, 4) is 5.75 Å². The van der Waals surface area contributed by atoms with Gasteiger partial charge >= 0.3 is 5.97 Å². The fraction of sp³-hybridized carbons (Fsp3) is 0.526. The molecule has 0 aromatic heterocycles. The monoisotopic (exact) mass is 395 g/mol. The van der Waals surface area contributed by atoms with Crippen molar-refractivity contribution in [3.63, 3.8) is 0 Å². The van der Waals surface area contributed by atoms with Crippen LogP contribution in [0.2, 0.25) is 0 Å². The van der Waals surface area contributed by atoms with Gasteiger partial charge in [0.15, 0.2) is 0 Å². The van der Waals surface area contributed by atoms with E-state index in [1.807, 2.05) is 45.0 Å². The Balaban J connectivity index is 2.43. The molecule has 0 saturated heterocycles. The number of nitrogens with one attached hydrogen (secondary N) is 1. The van der Waals surface area contributed by atoms with Crippen molar-refractivity contribution in [1.29, 1.82) is 0 Å². The second-order valence-electron chi connectivity index (χ2n) is 6.97. The predicted octanol–water partition coefficient (Wildman–Crippen LogP) is 2.80. The average molecular weight is 396 g/mol. The summed E-state index contributed by atoms with van der Waals surface area (Å²) in [4.78, 5) is 28.1. The zero-order valence-electron chi connectivity index (χ0n) is 16.6. The Hall–Kier alpha value is -2.06. The van der Waals surface area contributed by atoms with Crippen LogP contribution in [0, 0.1) is 0 Å². The molecule has 0 atom stereocenters. The van der Waals surface area contributed by atoms with Crippen LogP contribution in [-0.4, -0.2) is 48.1 Å². The molecule has 0 fully saturated rings. The van der Waals surface area contributed by atoms with Gasteiger partial charge in [0.2, 0.25) is 5.91 Å². The lowest BCUT2D eigenvalue weighted by Crippen LogP contribution is -2.26. The van der Waals surface area contributed by atoms with Crippen molar-refractivity contribution in [2.24, 2.45) is 5.10 Å². The smallest absolute Gasteiger partial charge is 0.325 e. The molecule has 1 aromatic rings. The lowest BCUT2D eigenvalue weighted by Gasteiger charge is -2.15. The highest BCUT2D eigenvalue weighted by atomic mass is 32.1. The van der Waals surface area contributed by atoms with E-state index in [9.17, 15) is 9.59 Å².